The van der Waals surface area contributed by atoms with Crippen LogP contribution in [0.15, 0.2) is 60.8 Å². The Hall–Kier alpha value is -4.28. The van der Waals surface area contributed by atoms with Crippen molar-refractivity contribution in [2.75, 3.05) is 24.4 Å². The monoisotopic (exact) mass is 489 g/mol. The largest absolute Gasteiger partial charge is 0.497 e. The number of carbonyl (C=O) groups is 2. The number of benzene rings is 2. The molecule has 184 valence electrons. The zero-order valence-electron chi connectivity index (χ0n) is 19.0. The van der Waals surface area contributed by atoms with Gasteiger partial charge in [0, 0.05) is 18.0 Å². The predicted octanol–water partition coefficient (Wildman–Crippen LogP) is 4.81. The van der Waals surface area contributed by atoms with Gasteiger partial charge >= 0.3 is 12.1 Å². The van der Waals surface area contributed by atoms with Crippen molar-refractivity contribution in [1.82, 2.24) is 4.98 Å². The van der Waals surface area contributed by atoms with Gasteiger partial charge in [-0.05, 0) is 42.8 Å². The molecule has 1 amide bonds. The highest BCUT2D eigenvalue weighted by atomic mass is 19.4. The number of fused-ring (bicyclic) bond motifs is 1. The molecule has 2 heterocycles. The lowest BCUT2D eigenvalue weighted by atomic mass is 10.0. The van der Waals surface area contributed by atoms with Gasteiger partial charge in [-0.25, -0.2) is 4.79 Å². The number of pyridine rings is 1. The number of carbonyl (C=O) groups excluding carboxylic acids is 1. The number of anilines is 2. The Morgan fingerprint density at radius 1 is 1.09 bits per heavy atom. The first-order chi connectivity index (χ1) is 16.6. The van der Waals surface area contributed by atoms with E-state index >= 15 is 0 Å². The van der Waals surface area contributed by atoms with Gasteiger partial charge in [0.05, 0.1) is 31.2 Å². The highest BCUT2D eigenvalue weighted by Gasteiger charge is 2.38. The molecule has 1 aliphatic rings. The number of hydrogen-bond acceptors (Lipinski definition) is 6. The summed E-state index contributed by atoms with van der Waals surface area (Å²) in [4.78, 5) is 28.6. The molecule has 0 bridgehead atoms. The molecule has 4 rings (SSSR count). The number of carboxylic acid groups (broad SMARTS) is 1. The van der Waals surface area contributed by atoms with E-state index < -0.39 is 18.3 Å². The number of methoxy groups -OCH3 is 2. The lowest BCUT2D eigenvalue weighted by molar-refractivity contribution is -0.192. The van der Waals surface area contributed by atoms with E-state index in [0.29, 0.717) is 22.7 Å². The molecule has 1 atom stereocenters. The SMILES string of the molecule is COc1ccc(N2C(=O)c3ccccc3NC2c2ncccc2C)c(OC)c1.O=C(O)C(F)(F)F. The van der Waals surface area contributed by atoms with Crippen LogP contribution in [-0.4, -0.2) is 42.4 Å². The summed E-state index contributed by atoms with van der Waals surface area (Å²) in [6, 6.07) is 16.8. The van der Waals surface area contributed by atoms with E-state index in [4.69, 9.17) is 19.4 Å². The van der Waals surface area contributed by atoms with Gasteiger partial charge in [0.2, 0.25) is 0 Å². The van der Waals surface area contributed by atoms with Gasteiger partial charge in [0.1, 0.15) is 11.5 Å². The van der Waals surface area contributed by atoms with E-state index in [-0.39, 0.29) is 5.91 Å². The lowest BCUT2D eigenvalue weighted by Crippen LogP contribution is -2.44. The van der Waals surface area contributed by atoms with Crippen molar-refractivity contribution in [3.05, 3.63) is 77.6 Å². The van der Waals surface area contributed by atoms with Crippen LogP contribution in [0.5, 0.6) is 11.5 Å². The highest BCUT2D eigenvalue weighted by molar-refractivity contribution is 6.12. The summed E-state index contributed by atoms with van der Waals surface area (Å²) in [5, 5.41) is 10.6. The molecule has 0 saturated carbocycles. The van der Waals surface area contributed by atoms with Crippen LogP contribution in [0.3, 0.4) is 0 Å². The second-order valence-electron chi connectivity index (χ2n) is 7.31. The summed E-state index contributed by atoms with van der Waals surface area (Å²) in [6.45, 7) is 1.98. The summed E-state index contributed by atoms with van der Waals surface area (Å²) >= 11 is 0. The molecular weight excluding hydrogens is 467 g/mol. The summed E-state index contributed by atoms with van der Waals surface area (Å²) in [7, 11) is 3.17. The number of ether oxygens (including phenoxy) is 2. The number of aliphatic carboxylic acids is 1. The lowest BCUT2D eigenvalue weighted by Gasteiger charge is -2.38. The Labute approximate surface area is 198 Å². The number of aromatic nitrogens is 1. The molecule has 3 aromatic rings. The molecule has 0 fully saturated rings. The molecule has 0 radical (unpaired) electrons. The first-order valence-corrected chi connectivity index (χ1v) is 10.2. The van der Waals surface area contributed by atoms with Gasteiger partial charge in [-0.2, -0.15) is 13.2 Å². The van der Waals surface area contributed by atoms with Crippen LogP contribution in [-0.2, 0) is 4.79 Å². The van der Waals surface area contributed by atoms with Crippen LogP contribution in [0.1, 0.15) is 27.8 Å². The molecule has 1 aromatic heterocycles. The summed E-state index contributed by atoms with van der Waals surface area (Å²) < 4.78 is 42.6. The molecule has 1 aliphatic heterocycles. The number of aryl methyl sites for hydroxylation is 1. The maximum Gasteiger partial charge on any atom is 0.490 e. The standard InChI is InChI=1S/C22H21N3O3.C2HF3O2/c1-14-7-6-12-23-20(14)21-24-17-9-5-4-8-16(17)22(26)25(21)18-11-10-15(27-2)13-19(18)28-3;3-2(4,5)1(6)7/h4-13,21,24H,1-3H3;(H,6,7). The molecule has 0 aliphatic carbocycles. The van der Waals surface area contributed by atoms with E-state index in [1.165, 1.54) is 0 Å². The third kappa shape index (κ3) is 5.45. The highest BCUT2D eigenvalue weighted by Crippen LogP contribution is 2.41. The fraction of sp³-hybridized carbons (Fsp3) is 0.208. The van der Waals surface area contributed by atoms with Gasteiger partial charge in [0.25, 0.3) is 5.91 Å². The minimum absolute atomic E-state index is 0.118. The number of amides is 1. The molecular formula is C24H22F3N3O5. The van der Waals surface area contributed by atoms with Gasteiger partial charge in [-0.3, -0.25) is 14.7 Å². The second-order valence-corrected chi connectivity index (χ2v) is 7.31. The third-order valence-corrected chi connectivity index (χ3v) is 5.12. The molecule has 35 heavy (non-hydrogen) atoms. The summed E-state index contributed by atoms with van der Waals surface area (Å²) in [5.41, 5.74) is 3.80. The van der Waals surface area contributed by atoms with Crippen molar-refractivity contribution in [1.29, 1.82) is 0 Å². The topological polar surface area (TPSA) is 101 Å². The number of alkyl halides is 3. The van der Waals surface area contributed by atoms with Crippen molar-refractivity contribution < 1.29 is 37.3 Å². The molecule has 2 N–H and O–H groups in total. The van der Waals surface area contributed by atoms with E-state index in [1.807, 2.05) is 55.5 Å². The van der Waals surface area contributed by atoms with E-state index in [9.17, 15) is 18.0 Å². The van der Waals surface area contributed by atoms with Crippen LogP contribution >= 0.6 is 0 Å². The molecule has 1 unspecified atom stereocenters. The number of nitrogens with zero attached hydrogens (tertiary/aromatic N) is 2. The summed E-state index contributed by atoms with van der Waals surface area (Å²) in [5.74, 6) is -1.67. The molecule has 0 spiro atoms. The number of rotatable bonds is 4. The average Bonchev–Trinajstić information content (AvgIpc) is 2.84. The third-order valence-electron chi connectivity index (χ3n) is 5.12. The van der Waals surface area contributed by atoms with Crippen molar-refractivity contribution in [2.45, 2.75) is 19.3 Å². The van der Waals surface area contributed by atoms with Crippen molar-refractivity contribution in [3.8, 4) is 11.5 Å². The Morgan fingerprint density at radius 3 is 2.37 bits per heavy atom. The van der Waals surface area contributed by atoms with Crippen molar-refractivity contribution in [3.63, 3.8) is 0 Å². The Morgan fingerprint density at radius 2 is 1.77 bits per heavy atom. The van der Waals surface area contributed by atoms with Crippen LogP contribution in [0.4, 0.5) is 24.5 Å². The maximum absolute atomic E-state index is 13.5. The van der Waals surface area contributed by atoms with Crippen LogP contribution < -0.4 is 19.7 Å². The molecule has 11 heteroatoms. The first-order valence-electron chi connectivity index (χ1n) is 10.2. The predicted molar refractivity (Wildman–Crippen MR) is 122 cm³/mol. The maximum atomic E-state index is 13.5. The van der Waals surface area contributed by atoms with E-state index in [2.05, 4.69) is 10.3 Å². The number of carboxylic acids is 1. The number of halogens is 3. The van der Waals surface area contributed by atoms with Crippen molar-refractivity contribution >= 4 is 23.3 Å². The normalized spacial score (nSPS) is 14.7. The van der Waals surface area contributed by atoms with Crippen LogP contribution in [0.2, 0.25) is 0 Å². The quantitative estimate of drug-likeness (QED) is 0.542. The fourth-order valence-corrected chi connectivity index (χ4v) is 3.46. The van der Waals surface area contributed by atoms with E-state index in [0.717, 1.165) is 16.9 Å². The molecule has 0 saturated heterocycles. The number of hydrogen-bond donors (Lipinski definition) is 2. The van der Waals surface area contributed by atoms with Gasteiger partial charge in [-0.15, -0.1) is 0 Å². The molecule has 8 nitrogen and oxygen atoms in total. The Kier molecular flexibility index (Phi) is 7.48. The number of nitrogens with one attached hydrogen (secondary N) is 1. The van der Waals surface area contributed by atoms with Crippen LogP contribution in [0.25, 0.3) is 0 Å². The first kappa shape index (κ1) is 25.3. The number of para-hydroxylation sites is 1. The Balaban J connectivity index is 0.000000429. The smallest absolute Gasteiger partial charge is 0.490 e. The minimum atomic E-state index is -5.08. The van der Waals surface area contributed by atoms with Crippen molar-refractivity contribution in [2.24, 2.45) is 0 Å². The summed E-state index contributed by atoms with van der Waals surface area (Å²) in [6.07, 6.45) is -3.82. The molecule has 2 aromatic carbocycles. The Bertz CT molecular complexity index is 1230. The second kappa shape index (κ2) is 10.3. The van der Waals surface area contributed by atoms with Gasteiger partial charge in [0.15, 0.2) is 6.17 Å². The zero-order chi connectivity index (χ0) is 25.8. The minimum Gasteiger partial charge on any atom is -0.497 e. The zero-order valence-corrected chi connectivity index (χ0v) is 19.0. The van der Waals surface area contributed by atoms with E-state index in [1.54, 1.807) is 31.4 Å². The van der Waals surface area contributed by atoms with Crippen LogP contribution in [0, 0.1) is 6.92 Å². The van der Waals surface area contributed by atoms with Gasteiger partial charge < -0.3 is 19.9 Å². The average molecular weight is 489 g/mol. The van der Waals surface area contributed by atoms with Gasteiger partial charge in [-0.1, -0.05) is 18.2 Å². The fourth-order valence-electron chi connectivity index (χ4n) is 3.46.